The number of nitrogens with zero attached hydrogens (tertiary/aromatic N) is 3. The van der Waals surface area contributed by atoms with Crippen LogP contribution in [0.4, 0.5) is 5.82 Å². The van der Waals surface area contributed by atoms with Gasteiger partial charge < -0.3 is 9.64 Å². The molecule has 1 aliphatic rings. The molecule has 1 aromatic heterocycles. The summed E-state index contributed by atoms with van der Waals surface area (Å²) in [5.74, 6) is 2.21. The van der Waals surface area contributed by atoms with Crippen LogP contribution < -0.4 is 9.64 Å². The fourth-order valence-electron chi connectivity index (χ4n) is 2.31. The largest absolute Gasteiger partial charge is 0.439 e. The average Bonchev–Trinajstić information content (AvgIpc) is 2.51. The highest BCUT2D eigenvalue weighted by atomic mass is 35.5. The summed E-state index contributed by atoms with van der Waals surface area (Å²) in [6.07, 6.45) is 5.29. The first-order valence-electron chi connectivity index (χ1n) is 6.82. The molecule has 2 aromatic rings. The van der Waals surface area contributed by atoms with E-state index in [1.807, 2.05) is 18.2 Å². The van der Waals surface area contributed by atoms with Gasteiger partial charge in [0, 0.05) is 24.2 Å². The van der Waals surface area contributed by atoms with Crippen LogP contribution in [0.1, 0.15) is 19.3 Å². The molecule has 0 atom stereocenters. The van der Waals surface area contributed by atoms with Gasteiger partial charge in [0.25, 0.3) is 0 Å². The lowest BCUT2D eigenvalue weighted by atomic mass is 10.1. The minimum absolute atomic E-state index is 0.558. The molecule has 0 aliphatic carbocycles. The third kappa shape index (κ3) is 3.20. The van der Waals surface area contributed by atoms with E-state index < -0.39 is 0 Å². The van der Waals surface area contributed by atoms with Gasteiger partial charge in [-0.15, -0.1) is 0 Å². The number of rotatable bonds is 3. The summed E-state index contributed by atoms with van der Waals surface area (Å²) >= 11 is 5.85. The van der Waals surface area contributed by atoms with Crippen LogP contribution in [0.2, 0.25) is 5.02 Å². The summed E-state index contributed by atoms with van der Waals surface area (Å²) in [4.78, 5) is 10.8. The second kappa shape index (κ2) is 6.09. The number of halogens is 1. The van der Waals surface area contributed by atoms with Crippen molar-refractivity contribution < 1.29 is 4.74 Å². The Kier molecular flexibility index (Phi) is 4.02. The fraction of sp³-hybridized carbons (Fsp3) is 0.333. The molecular weight excluding hydrogens is 274 g/mol. The first kappa shape index (κ1) is 13.2. The summed E-state index contributed by atoms with van der Waals surface area (Å²) in [5, 5.41) is 0.689. The predicted molar refractivity (Wildman–Crippen MR) is 79.6 cm³/mol. The Morgan fingerprint density at radius 1 is 1.00 bits per heavy atom. The van der Waals surface area contributed by atoms with E-state index in [1.165, 1.54) is 19.3 Å². The minimum atomic E-state index is 0.558. The van der Waals surface area contributed by atoms with E-state index >= 15 is 0 Å². The van der Waals surface area contributed by atoms with Crippen LogP contribution >= 0.6 is 11.6 Å². The van der Waals surface area contributed by atoms with E-state index in [2.05, 4.69) is 14.9 Å². The molecule has 2 heterocycles. The zero-order valence-electron chi connectivity index (χ0n) is 11.1. The van der Waals surface area contributed by atoms with Gasteiger partial charge >= 0.3 is 0 Å². The van der Waals surface area contributed by atoms with Gasteiger partial charge in [-0.2, -0.15) is 0 Å². The van der Waals surface area contributed by atoms with E-state index in [0.29, 0.717) is 10.9 Å². The zero-order chi connectivity index (χ0) is 13.8. The molecule has 5 heteroatoms. The van der Waals surface area contributed by atoms with Crippen molar-refractivity contribution in [1.82, 2.24) is 9.97 Å². The van der Waals surface area contributed by atoms with E-state index in [-0.39, 0.29) is 0 Å². The summed E-state index contributed by atoms with van der Waals surface area (Å²) in [7, 11) is 0. The van der Waals surface area contributed by atoms with Gasteiger partial charge in [-0.05, 0) is 43.5 Å². The van der Waals surface area contributed by atoms with E-state index in [9.17, 15) is 0 Å². The van der Waals surface area contributed by atoms with Crippen molar-refractivity contribution in [1.29, 1.82) is 0 Å². The molecule has 0 N–H and O–H groups in total. The number of anilines is 1. The van der Waals surface area contributed by atoms with E-state index in [4.69, 9.17) is 16.3 Å². The Morgan fingerprint density at radius 2 is 1.75 bits per heavy atom. The molecule has 0 saturated carbocycles. The van der Waals surface area contributed by atoms with Gasteiger partial charge in [0.1, 0.15) is 17.9 Å². The molecule has 0 unspecified atom stereocenters. The highest BCUT2D eigenvalue weighted by Crippen LogP contribution is 2.24. The number of hydrogen-bond donors (Lipinski definition) is 0. The van der Waals surface area contributed by atoms with Gasteiger partial charge in [-0.25, -0.2) is 9.97 Å². The summed E-state index contributed by atoms with van der Waals surface area (Å²) < 4.78 is 5.73. The Balaban J connectivity index is 1.75. The molecule has 4 nitrogen and oxygen atoms in total. The maximum absolute atomic E-state index is 5.85. The molecule has 3 rings (SSSR count). The molecular formula is C15H16ClN3O. The molecule has 1 saturated heterocycles. The third-order valence-electron chi connectivity index (χ3n) is 3.34. The molecule has 0 spiro atoms. The van der Waals surface area contributed by atoms with Crippen molar-refractivity contribution in [3.63, 3.8) is 0 Å². The second-order valence-electron chi connectivity index (χ2n) is 4.82. The van der Waals surface area contributed by atoms with Crippen LogP contribution in [0.3, 0.4) is 0 Å². The maximum Gasteiger partial charge on any atom is 0.224 e. The number of benzene rings is 1. The normalized spacial score (nSPS) is 15.2. The highest BCUT2D eigenvalue weighted by Gasteiger charge is 2.13. The van der Waals surface area contributed by atoms with Crippen molar-refractivity contribution in [2.45, 2.75) is 19.3 Å². The molecule has 20 heavy (non-hydrogen) atoms. The Bertz CT molecular complexity index is 568. The summed E-state index contributed by atoms with van der Waals surface area (Å²) in [6.45, 7) is 2.11. The maximum atomic E-state index is 5.85. The average molecular weight is 290 g/mol. The minimum Gasteiger partial charge on any atom is -0.439 e. The van der Waals surface area contributed by atoms with Crippen molar-refractivity contribution in [2.75, 3.05) is 18.0 Å². The monoisotopic (exact) mass is 289 g/mol. The van der Waals surface area contributed by atoms with Gasteiger partial charge in [-0.1, -0.05) is 11.6 Å². The molecule has 104 valence electrons. The second-order valence-corrected chi connectivity index (χ2v) is 5.25. The number of piperidine rings is 1. The number of aromatic nitrogens is 2. The standard InChI is InChI=1S/C15H16ClN3O/c16-12-4-6-13(7-5-12)20-15-10-14(17-11-18-15)19-8-2-1-3-9-19/h4-7,10-11H,1-3,8-9H2. The Hall–Kier alpha value is -1.81. The number of hydrogen-bond acceptors (Lipinski definition) is 4. The van der Waals surface area contributed by atoms with Crippen LogP contribution in [-0.2, 0) is 0 Å². The quantitative estimate of drug-likeness (QED) is 0.858. The highest BCUT2D eigenvalue weighted by molar-refractivity contribution is 6.30. The van der Waals surface area contributed by atoms with Crippen molar-refractivity contribution >= 4 is 17.4 Å². The fourth-order valence-corrected chi connectivity index (χ4v) is 2.43. The molecule has 1 aromatic carbocycles. The Morgan fingerprint density at radius 3 is 2.50 bits per heavy atom. The first-order valence-corrected chi connectivity index (χ1v) is 7.19. The van der Waals surface area contributed by atoms with Gasteiger partial charge in [0.15, 0.2) is 0 Å². The molecule has 0 bridgehead atoms. The lowest BCUT2D eigenvalue weighted by Crippen LogP contribution is -2.30. The first-order chi connectivity index (χ1) is 9.81. The zero-order valence-corrected chi connectivity index (χ0v) is 11.9. The summed E-state index contributed by atoms with van der Waals surface area (Å²) in [6, 6.07) is 9.13. The van der Waals surface area contributed by atoms with Crippen LogP contribution in [0, 0.1) is 0 Å². The lowest BCUT2D eigenvalue weighted by Gasteiger charge is -2.27. The molecule has 1 fully saturated rings. The molecule has 0 radical (unpaired) electrons. The van der Waals surface area contributed by atoms with Crippen LogP contribution in [0.25, 0.3) is 0 Å². The summed E-state index contributed by atoms with van der Waals surface area (Å²) in [5.41, 5.74) is 0. The van der Waals surface area contributed by atoms with E-state index in [1.54, 1.807) is 18.5 Å². The molecule has 0 amide bonds. The predicted octanol–water partition coefficient (Wildman–Crippen LogP) is 3.91. The number of ether oxygens (including phenoxy) is 1. The van der Waals surface area contributed by atoms with Crippen LogP contribution in [-0.4, -0.2) is 23.1 Å². The van der Waals surface area contributed by atoms with Gasteiger partial charge in [0.2, 0.25) is 5.88 Å². The van der Waals surface area contributed by atoms with Crippen molar-refractivity contribution in [3.05, 3.63) is 41.7 Å². The van der Waals surface area contributed by atoms with Gasteiger partial charge in [-0.3, -0.25) is 0 Å². The lowest BCUT2D eigenvalue weighted by molar-refractivity contribution is 0.460. The Labute approximate surface area is 123 Å². The third-order valence-corrected chi connectivity index (χ3v) is 3.60. The van der Waals surface area contributed by atoms with Gasteiger partial charge in [0.05, 0.1) is 0 Å². The van der Waals surface area contributed by atoms with Crippen LogP contribution in [0.15, 0.2) is 36.7 Å². The molecule has 1 aliphatic heterocycles. The van der Waals surface area contributed by atoms with Crippen molar-refractivity contribution in [2.24, 2.45) is 0 Å². The topological polar surface area (TPSA) is 38.2 Å². The van der Waals surface area contributed by atoms with E-state index in [0.717, 1.165) is 24.7 Å². The smallest absolute Gasteiger partial charge is 0.224 e. The van der Waals surface area contributed by atoms with Crippen molar-refractivity contribution in [3.8, 4) is 11.6 Å². The van der Waals surface area contributed by atoms with Crippen LogP contribution in [0.5, 0.6) is 11.6 Å². The SMILES string of the molecule is Clc1ccc(Oc2cc(N3CCCCC3)ncn2)cc1.